The maximum absolute atomic E-state index is 11.3. The number of amides is 1. The largest absolute Gasteiger partial charge is 0.480 e. The summed E-state index contributed by atoms with van der Waals surface area (Å²) in [5.41, 5.74) is 0. The lowest BCUT2D eigenvalue weighted by Gasteiger charge is -2.12. The molecule has 0 aromatic carbocycles. The van der Waals surface area contributed by atoms with Crippen LogP contribution in [0.2, 0.25) is 0 Å². The van der Waals surface area contributed by atoms with Crippen molar-refractivity contribution in [2.75, 3.05) is 13.2 Å². The van der Waals surface area contributed by atoms with Crippen LogP contribution in [0.4, 0.5) is 0 Å². The van der Waals surface area contributed by atoms with E-state index in [1.807, 2.05) is 0 Å². The number of rotatable bonds is 9. The summed E-state index contributed by atoms with van der Waals surface area (Å²) in [6.07, 6.45) is 3.48. The Hall–Kier alpha value is -1.10. The van der Waals surface area contributed by atoms with Crippen molar-refractivity contribution >= 4 is 11.9 Å². The molecule has 0 radical (unpaired) electrons. The monoisotopic (exact) mass is 231 g/mol. The first kappa shape index (κ1) is 14.9. The van der Waals surface area contributed by atoms with E-state index in [2.05, 4.69) is 12.2 Å². The molecule has 1 amide bonds. The van der Waals surface area contributed by atoms with Gasteiger partial charge in [-0.1, -0.05) is 26.7 Å². The van der Waals surface area contributed by atoms with Gasteiger partial charge >= 0.3 is 5.97 Å². The molecule has 0 aliphatic heterocycles. The molecule has 5 nitrogen and oxygen atoms in total. The van der Waals surface area contributed by atoms with Gasteiger partial charge in [0.2, 0.25) is 5.91 Å². The molecule has 0 heterocycles. The molecular weight excluding hydrogens is 210 g/mol. The van der Waals surface area contributed by atoms with Crippen molar-refractivity contribution < 1.29 is 19.4 Å². The molecule has 0 aliphatic carbocycles. The van der Waals surface area contributed by atoms with Crippen LogP contribution in [-0.4, -0.2) is 36.2 Å². The lowest BCUT2D eigenvalue weighted by Crippen LogP contribution is -2.42. The van der Waals surface area contributed by atoms with Crippen molar-refractivity contribution in [2.45, 2.75) is 45.6 Å². The summed E-state index contributed by atoms with van der Waals surface area (Å²) in [5, 5.41) is 11.1. The minimum atomic E-state index is -1.01. The molecule has 0 saturated carbocycles. The van der Waals surface area contributed by atoms with E-state index < -0.39 is 12.0 Å². The quantitative estimate of drug-likeness (QED) is 0.584. The van der Waals surface area contributed by atoms with Gasteiger partial charge in [0.25, 0.3) is 0 Å². The van der Waals surface area contributed by atoms with Crippen molar-refractivity contribution in [3.05, 3.63) is 0 Å². The third-order valence-corrected chi connectivity index (χ3v) is 2.17. The van der Waals surface area contributed by atoms with Gasteiger partial charge in [0.1, 0.15) is 12.6 Å². The van der Waals surface area contributed by atoms with Gasteiger partial charge in [-0.05, 0) is 12.8 Å². The number of unbranched alkanes of at least 4 members (excludes halogenated alkanes) is 2. The Bertz CT molecular complexity index is 218. The van der Waals surface area contributed by atoms with Gasteiger partial charge < -0.3 is 15.2 Å². The first-order valence-corrected chi connectivity index (χ1v) is 5.71. The van der Waals surface area contributed by atoms with Crippen molar-refractivity contribution in [2.24, 2.45) is 0 Å². The van der Waals surface area contributed by atoms with Crippen LogP contribution in [0.25, 0.3) is 0 Å². The van der Waals surface area contributed by atoms with Crippen LogP contribution in [0.1, 0.15) is 39.5 Å². The minimum absolute atomic E-state index is 0.0620. The molecule has 0 aromatic heterocycles. The molecule has 0 saturated heterocycles. The zero-order valence-corrected chi connectivity index (χ0v) is 9.99. The number of hydrogen-bond donors (Lipinski definition) is 2. The Labute approximate surface area is 96.2 Å². The van der Waals surface area contributed by atoms with Crippen molar-refractivity contribution in [1.29, 1.82) is 0 Å². The van der Waals surface area contributed by atoms with Crippen molar-refractivity contribution in [3.8, 4) is 0 Å². The van der Waals surface area contributed by atoms with Gasteiger partial charge in [-0.15, -0.1) is 0 Å². The van der Waals surface area contributed by atoms with Gasteiger partial charge in [-0.25, -0.2) is 4.79 Å². The highest BCUT2D eigenvalue weighted by Crippen LogP contribution is 1.94. The molecule has 1 atom stereocenters. The average molecular weight is 231 g/mol. The second kappa shape index (κ2) is 9.15. The van der Waals surface area contributed by atoms with Crippen LogP contribution in [0.5, 0.6) is 0 Å². The van der Waals surface area contributed by atoms with Gasteiger partial charge in [0.05, 0.1) is 0 Å². The van der Waals surface area contributed by atoms with E-state index in [0.29, 0.717) is 13.0 Å². The molecule has 2 N–H and O–H groups in total. The zero-order chi connectivity index (χ0) is 12.4. The summed E-state index contributed by atoms with van der Waals surface area (Å²) in [6, 6.07) is -0.813. The number of carboxylic acids is 1. The molecule has 0 fully saturated rings. The molecule has 0 spiro atoms. The third-order valence-electron chi connectivity index (χ3n) is 2.17. The van der Waals surface area contributed by atoms with Crippen LogP contribution in [0.15, 0.2) is 0 Å². The fourth-order valence-electron chi connectivity index (χ4n) is 1.19. The predicted molar refractivity (Wildman–Crippen MR) is 60.2 cm³/mol. The number of carbonyl (C=O) groups excluding carboxylic acids is 1. The summed E-state index contributed by atoms with van der Waals surface area (Å²) < 4.78 is 5.12. The number of nitrogens with one attached hydrogen (secondary N) is 1. The molecule has 0 aromatic rings. The Balaban J connectivity index is 3.61. The van der Waals surface area contributed by atoms with Gasteiger partial charge in [-0.3, -0.25) is 4.79 Å². The predicted octanol–water partition coefficient (Wildman–Crippen LogP) is 1.17. The van der Waals surface area contributed by atoms with Crippen LogP contribution < -0.4 is 5.32 Å². The SMILES string of the molecule is CCCCCOCC(=O)NC(CC)C(=O)O. The number of ether oxygens (including phenoxy) is 1. The van der Waals surface area contributed by atoms with Gasteiger partial charge in [0, 0.05) is 6.61 Å². The first-order valence-electron chi connectivity index (χ1n) is 5.71. The van der Waals surface area contributed by atoms with E-state index in [0.717, 1.165) is 19.3 Å². The van der Waals surface area contributed by atoms with E-state index in [4.69, 9.17) is 9.84 Å². The van der Waals surface area contributed by atoms with E-state index in [9.17, 15) is 9.59 Å². The van der Waals surface area contributed by atoms with Crippen LogP contribution in [0, 0.1) is 0 Å². The van der Waals surface area contributed by atoms with Crippen LogP contribution >= 0.6 is 0 Å². The van der Waals surface area contributed by atoms with E-state index in [1.54, 1.807) is 6.92 Å². The minimum Gasteiger partial charge on any atom is -0.480 e. The number of hydrogen-bond acceptors (Lipinski definition) is 3. The number of carbonyl (C=O) groups is 2. The lowest BCUT2D eigenvalue weighted by molar-refractivity contribution is -0.142. The molecule has 94 valence electrons. The highest BCUT2D eigenvalue weighted by molar-refractivity contribution is 5.84. The number of carboxylic acid groups (broad SMARTS) is 1. The Morgan fingerprint density at radius 3 is 2.50 bits per heavy atom. The van der Waals surface area contributed by atoms with E-state index >= 15 is 0 Å². The van der Waals surface area contributed by atoms with Gasteiger partial charge in [0.15, 0.2) is 0 Å². The number of aliphatic carboxylic acids is 1. The highest BCUT2D eigenvalue weighted by atomic mass is 16.5. The second-order valence-corrected chi connectivity index (χ2v) is 3.63. The molecule has 0 bridgehead atoms. The first-order chi connectivity index (χ1) is 7.61. The Kier molecular flexibility index (Phi) is 8.52. The van der Waals surface area contributed by atoms with Crippen LogP contribution in [0.3, 0.4) is 0 Å². The molecule has 0 rings (SSSR count). The molecule has 0 aliphatic rings. The zero-order valence-electron chi connectivity index (χ0n) is 9.99. The van der Waals surface area contributed by atoms with Crippen LogP contribution in [-0.2, 0) is 14.3 Å². The fourth-order valence-corrected chi connectivity index (χ4v) is 1.19. The molecule has 16 heavy (non-hydrogen) atoms. The summed E-state index contributed by atoms with van der Waals surface area (Å²) in [6.45, 7) is 4.28. The fraction of sp³-hybridized carbons (Fsp3) is 0.818. The summed E-state index contributed by atoms with van der Waals surface area (Å²) in [4.78, 5) is 21.9. The Morgan fingerprint density at radius 2 is 2.00 bits per heavy atom. The van der Waals surface area contributed by atoms with E-state index in [-0.39, 0.29) is 12.5 Å². The summed E-state index contributed by atoms with van der Waals surface area (Å²) >= 11 is 0. The van der Waals surface area contributed by atoms with Gasteiger partial charge in [-0.2, -0.15) is 0 Å². The maximum atomic E-state index is 11.3. The molecule has 5 heteroatoms. The van der Waals surface area contributed by atoms with E-state index in [1.165, 1.54) is 0 Å². The van der Waals surface area contributed by atoms with Crippen molar-refractivity contribution in [1.82, 2.24) is 5.32 Å². The topological polar surface area (TPSA) is 75.6 Å². The average Bonchev–Trinajstić information content (AvgIpc) is 2.25. The summed E-state index contributed by atoms with van der Waals surface area (Å²) in [7, 11) is 0. The lowest BCUT2D eigenvalue weighted by atomic mass is 10.2. The summed E-state index contributed by atoms with van der Waals surface area (Å²) in [5.74, 6) is -1.38. The third kappa shape index (κ3) is 7.23. The second-order valence-electron chi connectivity index (χ2n) is 3.63. The normalized spacial score (nSPS) is 12.1. The Morgan fingerprint density at radius 1 is 1.31 bits per heavy atom. The molecule has 1 unspecified atom stereocenters. The highest BCUT2D eigenvalue weighted by Gasteiger charge is 2.16. The maximum Gasteiger partial charge on any atom is 0.326 e. The standard InChI is InChI=1S/C11H21NO4/c1-3-5-6-7-16-8-10(13)12-9(4-2)11(14)15/h9H,3-8H2,1-2H3,(H,12,13)(H,14,15). The molecular formula is C11H21NO4. The van der Waals surface area contributed by atoms with Crippen molar-refractivity contribution in [3.63, 3.8) is 0 Å². The smallest absolute Gasteiger partial charge is 0.326 e.